The SMILES string of the molecule is COC(=O)CN(Cc1ccccc1)C(=O)C(C)Cl. The number of rotatable bonds is 5. The number of hydrogen-bond acceptors (Lipinski definition) is 3. The molecule has 0 aliphatic heterocycles. The van der Waals surface area contributed by atoms with Gasteiger partial charge in [0.05, 0.1) is 7.11 Å². The van der Waals surface area contributed by atoms with Crippen molar-refractivity contribution in [2.75, 3.05) is 13.7 Å². The Morgan fingerprint density at radius 3 is 2.44 bits per heavy atom. The molecule has 98 valence electrons. The second kappa shape index (κ2) is 7.01. The normalized spacial score (nSPS) is 11.7. The van der Waals surface area contributed by atoms with E-state index in [4.69, 9.17) is 11.6 Å². The number of benzene rings is 1. The summed E-state index contributed by atoms with van der Waals surface area (Å²) in [6.07, 6.45) is 0. The molecule has 5 heteroatoms. The van der Waals surface area contributed by atoms with Gasteiger partial charge in [-0.2, -0.15) is 0 Å². The molecule has 0 aliphatic carbocycles. The van der Waals surface area contributed by atoms with Gasteiger partial charge in [0.15, 0.2) is 0 Å². The van der Waals surface area contributed by atoms with Crippen LogP contribution in [0.4, 0.5) is 0 Å². The van der Waals surface area contributed by atoms with Crippen LogP contribution in [-0.4, -0.2) is 35.8 Å². The first-order valence-electron chi connectivity index (χ1n) is 5.58. The molecule has 1 amide bonds. The van der Waals surface area contributed by atoms with Gasteiger partial charge in [0.1, 0.15) is 11.9 Å². The lowest BCUT2D eigenvalue weighted by molar-refractivity contribution is -0.147. The van der Waals surface area contributed by atoms with Gasteiger partial charge in [-0.25, -0.2) is 0 Å². The topological polar surface area (TPSA) is 46.6 Å². The monoisotopic (exact) mass is 269 g/mol. The predicted octanol–water partition coefficient (Wildman–Crippen LogP) is 1.82. The van der Waals surface area contributed by atoms with Crippen LogP contribution < -0.4 is 0 Å². The minimum absolute atomic E-state index is 0.0959. The molecule has 4 nitrogen and oxygen atoms in total. The van der Waals surface area contributed by atoms with Gasteiger partial charge in [0.2, 0.25) is 5.91 Å². The molecule has 0 heterocycles. The lowest BCUT2D eigenvalue weighted by Gasteiger charge is -2.22. The summed E-state index contributed by atoms with van der Waals surface area (Å²) >= 11 is 5.77. The first-order chi connectivity index (χ1) is 8.54. The molecule has 1 rings (SSSR count). The fourth-order valence-corrected chi connectivity index (χ4v) is 1.63. The number of nitrogens with zero attached hydrogens (tertiary/aromatic N) is 1. The Labute approximate surface area is 111 Å². The fourth-order valence-electron chi connectivity index (χ4n) is 1.49. The Morgan fingerprint density at radius 1 is 1.33 bits per heavy atom. The number of alkyl halides is 1. The van der Waals surface area contributed by atoms with E-state index in [1.807, 2.05) is 30.3 Å². The lowest BCUT2D eigenvalue weighted by atomic mass is 10.2. The summed E-state index contributed by atoms with van der Waals surface area (Å²) < 4.78 is 4.57. The van der Waals surface area contributed by atoms with E-state index in [1.54, 1.807) is 6.92 Å². The maximum atomic E-state index is 11.9. The number of carbonyl (C=O) groups excluding carboxylic acids is 2. The highest BCUT2D eigenvalue weighted by atomic mass is 35.5. The van der Waals surface area contributed by atoms with Crippen LogP contribution in [0.3, 0.4) is 0 Å². The molecule has 1 unspecified atom stereocenters. The van der Waals surface area contributed by atoms with Crippen LogP contribution in [0.15, 0.2) is 30.3 Å². The van der Waals surface area contributed by atoms with Crippen molar-refractivity contribution in [2.45, 2.75) is 18.8 Å². The molecule has 1 aromatic carbocycles. The molecule has 1 aromatic rings. The van der Waals surface area contributed by atoms with Crippen molar-refractivity contribution < 1.29 is 14.3 Å². The minimum Gasteiger partial charge on any atom is -0.468 e. The van der Waals surface area contributed by atoms with Crippen LogP contribution in [0.5, 0.6) is 0 Å². The maximum Gasteiger partial charge on any atom is 0.325 e. The quantitative estimate of drug-likeness (QED) is 0.605. The van der Waals surface area contributed by atoms with Gasteiger partial charge in [-0.1, -0.05) is 30.3 Å². The molecule has 0 saturated carbocycles. The van der Waals surface area contributed by atoms with E-state index in [0.717, 1.165) is 5.56 Å². The van der Waals surface area contributed by atoms with Gasteiger partial charge in [0, 0.05) is 6.54 Å². The van der Waals surface area contributed by atoms with Crippen LogP contribution in [0, 0.1) is 0 Å². The summed E-state index contributed by atoms with van der Waals surface area (Å²) in [5, 5.41) is -0.668. The van der Waals surface area contributed by atoms with Gasteiger partial charge < -0.3 is 9.64 Å². The van der Waals surface area contributed by atoms with E-state index in [-0.39, 0.29) is 12.5 Å². The molecule has 0 aliphatic rings. The Balaban J connectivity index is 2.77. The van der Waals surface area contributed by atoms with Gasteiger partial charge in [-0.15, -0.1) is 11.6 Å². The van der Waals surface area contributed by atoms with E-state index < -0.39 is 11.3 Å². The Bertz CT molecular complexity index is 406. The number of ether oxygens (including phenoxy) is 1. The van der Waals surface area contributed by atoms with Crippen molar-refractivity contribution in [1.82, 2.24) is 4.90 Å². The van der Waals surface area contributed by atoms with E-state index in [9.17, 15) is 9.59 Å². The Kier molecular flexibility index (Phi) is 5.65. The molecular formula is C13H16ClNO3. The van der Waals surface area contributed by atoms with Crippen LogP contribution in [0.25, 0.3) is 0 Å². The van der Waals surface area contributed by atoms with Gasteiger partial charge in [-0.3, -0.25) is 9.59 Å². The minimum atomic E-state index is -0.668. The molecule has 0 aromatic heterocycles. The molecule has 0 spiro atoms. The number of carbonyl (C=O) groups is 2. The smallest absolute Gasteiger partial charge is 0.325 e. The highest BCUT2D eigenvalue weighted by molar-refractivity contribution is 6.30. The second-order valence-corrected chi connectivity index (χ2v) is 4.53. The van der Waals surface area contributed by atoms with Crippen molar-refractivity contribution in [2.24, 2.45) is 0 Å². The summed E-state index contributed by atoms with van der Waals surface area (Å²) in [6.45, 7) is 1.83. The molecule has 0 N–H and O–H groups in total. The van der Waals surface area contributed by atoms with Crippen molar-refractivity contribution >= 4 is 23.5 Å². The Hall–Kier alpha value is -1.55. The molecule has 0 bridgehead atoms. The molecule has 0 saturated heterocycles. The summed E-state index contributed by atoms with van der Waals surface area (Å²) in [6, 6.07) is 9.41. The van der Waals surface area contributed by atoms with Gasteiger partial charge in [0.25, 0.3) is 0 Å². The zero-order chi connectivity index (χ0) is 13.5. The third-order valence-electron chi connectivity index (χ3n) is 2.42. The highest BCUT2D eigenvalue weighted by Gasteiger charge is 2.21. The Morgan fingerprint density at radius 2 is 1.94 bits per heavy atom. The van der Waals surface area contributed by atoms with Gasteiger partial charge in [-0.05, 0) is 12.5 Å². The summed E-state index contributed by atoms with van der Waals surface area (Å²) in [4.78, 5) is 24.6. The third-order valence-corrected chi connectivity index (χ3v) is 2.60. The first kappa shape index (κ1) is 14.5. The molecule has 1 atom stereocenters. The summed E-state index contributed by atoms with van der Waals surface area (Å²) in [5.41, 5.74) is 0.937. The standard InChI is InChI=1S/C13H16ClNO3/c1-10(14)13(17)15(9-12(16)18-2)8-11-6-4-3-5-7-11/h3-7,10H,8-9H2,1-2H3. The maximum absolute atomic E-state index is 11.9. The third kappa shape index (κ3) is 4.37. The number of amides is 1. The average molecular weight is 270 g/mol. The van der Waals surface area contributed by atoms with Crippen molar-refractivity contribution in [3.05, 3.63) is 35.9 Å². The predicted molar refractivity (Wildman–Crippen MR) is 69.2 cm³/mol. The van der Waals surface area contributed by atoms with E-state index >= 15 is 0 Å². The van der Waals surface area contributed by atoms with Gasteiger partial charge >= 0.3 is 5.97 Å². The molecule has 0 radical (unpaired) electrons. The van der Waals surface area contributed by atoms with Crippen molar-refractivity contribution in [3.63, 3.8) is 0 Å². The van der Waals surface area contributed by atoms with Crippen LogP contribution in [0.1, 0.15) is 12.5 Å². The average Bonchev–Trinajstić information content (AvgIpc) is 2.38. The summed E-state index contributed by atoms with van der Waals surface area (Å²) in [5.74, 6) is -0.748. The lowest BCUT2D eigenvalue weighted by Crippen LogP contribution is -2.39. The van der Waals surface area contributed by atoms with Crippen molar-refractivity contribution in [1.29, 1.82) is 0 Å². The van der Waals surface area contributed by atoms with Crippen LogP contribution >= 0.6 is 11.6 Å². The summed E-state index contributed by atoms with van der Waals surface area (Å²) in [7, 11) is 1.29. The molecule has 0 fully saturated rings. The van der Waals surface area contributed by atoms with E-state index in [2.05, 4.69) is 4.74 Å². The largest absolute Gasteiger partial charge is 0.468 e. The van der Waals surface area contributed by atoms with Crippen LogP contribution in [-0.2, 0) is 20.9 Å². The number of esters is 1. The zero-order valence-corrected chi connectivity index (χ0v) is 11.2. The number of hydrogen-bond donors (Lipinski definition) is 0. The number of halogens is 1. The number of methoxy groups -OCH3 is 1. The van der Waals surface area contributed by atoms with E-state index in [0.29, 0.717) is 6.54 Å². The zero-order valence-electron chi connectivity index (χ0n) is 10.4. The van der Waals surface area contributed by atoms with E-state index in [1.165, 1.54) is 12.0 Å². The molecular weight excluding hydrogens is 254 g/mol. The van der Waals surface area contributed by atoms with Crippen molar-refractivity contribution in [3.8, 4) is 0 Å². The second-order valence-electron chi connectivity index (χ2n) is 3.87. The molecule has 18 heavy (non-hydrogen) atoms. The highest BCUT2D eigenvalue weighted by Crippen LogP contribution is 2.08. The van der Waals surface area contributed by atoms with Crippen LogP contribution in [0.2, 0.25) is 0 Å². The first-order valence-corrected chi connectivity index (χ1v) is 6.02. The fraction of sp³-hybridized carbons (Fsp3) is 0.385.